The largest absolute Gasteiger partial charge is 0.325 e. The predicted octanol–water partition coefficient (Wildman–Crippen LogP) is 3.82. The maximum Gasteiger partial charge on any atom is 0.325 e. The molecule has 0 saturated carbocycles. The molecule has 1 saturated heterocycles. The molecule has 152 valence electrons. The molecule has 0 bridgehead atoms. The number of hydrogen-bond donors (Lipinski definition) is 1. The third-order valence-electron chi connectivity index (χ3n) is 5.89. The van der Waals surface area contributed by atoms with Gasteiger partial charge >= 0.3 is 6.03 Å². The number of nitrogens with zero attached hydrogens (tertiary/aromatic N) is 2. The van der Waals surface area contributed by atoms with Crippen molar-refractivity contribution in [1.29, 1.82) is 0 Å². The number of rotatable bonds is 5. The molecule has 2 atom stereocenters. The minimum atomic E-state index is -0.503. The molecule has 0 spiro atoms. The predicted molar refractivity (Wildman–Crippen MR) is 117 cm³/mol. The van der Waals surface area contributed by atoms with Crippen molar-refractivity contribution in [3.8, 4) is 0 Å². The highest BCUT2D eigenvalue weighted by atomic mass is 32.1. The molecule has 2 aliphatic heterocycles. The van der Waals surface area contributed by atoms with E-state index >= 15 is 0 Å². The Labute approximate surface area is 179 Å². The molecule has 5 nitrogen and oxygen atoms in total. The van der Waals surface area contributed by atoms with Gasteiger partial charge in [0.1, 0.15) is 6.04 Å². The van der Waals surface area contributed by atoms with E-state index in [0.29, 0.717) is 13.1 Å². The smallest absolute Gasteiger partial charge is 0.325 e. The Morgan fingerprint density at radius 3 is 2.47 bits per heavy atom. The van der Waals surface area contributed by atoms with Crippen LogP contribution in [0.1, 0.15) is 27.6 Å². The average molecular weight is 418 g/mol. The van der Waals surface area contributed by atoms with E-state index in [2.05, 4.69) is 33.8 Å². The van der Waals surface area contributed by atoms with Gasteiger partial charge in [0.15, 0.2) is 0 Å². The number of thiophene rings is 1. The molecule has 1 N–H and O–H groups in total. The van der Waals surface area contributed by atoms with E-state index in [1.165, 1.54) is 20.9 Å². The summed E-state index contributed by atoms with van der Waals surface area (Å²) in [5.74, 6) is -0.146. The van der Waals surface area contributed by atoms with Crippen molar-refractivity contribution in [2.75, 3.05) is 13.2 Å². The number of fused-ring (bicyclic) bond motifs is 1. The summed E-state index contributed by atoms with van der Waals surface area (Å²) in [5.41, 5.74) is 3.51. The van der Waals surface area contributed by atoms with E-state index < -0.39 is 6.04 Å². The molecule has 5 rings (SSSR count). The summed E-state index contributed by atoms with van der Waals surface area (Å²) in [6.07, 6.45) is 1.45. The highest BCUT2D eigenvalue weighted by Crippen LogP contribution is 2.37. The molecule has 3 aromatic rings. The molecule has 3 amide bonds. The Morgan fingerprint density at radius 1 is 0.967 bits per heavy atom. The number of hydrogen-bond acceptors (Lipinski definition) is 4. The van der Waals surface area contributed by atoms with Gasteiger partial charge in [0, 0.05) is 17.8 Å². The molecular formula is C24H23N3O2S. The monoisotopic (exact) mass is 417 g/mol. The van der Waals surface area contributed by atoms with Crippen LogP contribution in [0.2, 0.25) is 0 Å². The summed E-state index contributed by atoms with van der Waals surface area (Å²) in [5, 5.41) is 5.01. The van der Waals surface area contributed by atoms with Gasteiger partial charge < -0.3 is 5.32 Å². The van der Waals surface area contributed by atoms with Crippen LogP contribution in [0.4, 0.5) is 4.79 Å². The van der Waals surface area contributed by atoms with Crippen LogP contribution < -0.4 is 5.32 Å². The van der Waals surface area contributed by atoms with Gasteiger partial charge in [-0.3, -0.25) is 9.69 Å². The molecule has 1 aromatic heterocycles. The Kier molecular flexibility index (Phi) is 5.11. The fourth-order valence-electron chi connectivity index (χ4n) is 4.43. The van der Waals surface area contributed by atoms with Crippen LogP contribution >= 0.6 is 11.3 Å². The van der Waals surface area contributed by atoms with Gasteiger partial charge in [0.05, 0.1) is 12.7 Å². The Hall–Kier alpha value is -2.96. The molecular weight excluding hydrogens is 394 g/mol. The fourth-order valence-corrected chi connectivity index (χ4v) is 5.33. The molecule has 0 aliphatic carbocycles. The summed E-state index contributed by atoms with van der Waals surface area (Å²) in [6, 6.07) is 21.6. The van der Waals surface area contributed by atoms with Crippen molar-refractivity contribution in [3.05, 3.63) is 93.7 Å². The zero-order valence-electron chi connectivity index (χ0n) is 16.5. The second kappa shape index (κ2) is 8.05. The third-order valence-corrected chi connectivity index (χ3v) is 6.89. The van der Waals surface area contributed by atoms with Crippen molar-refractivity contribution in [3.63, 3.8) is 0 Å². The second-order valence-corrected chi connectivity index (χ2v) is 8.77. The van der Waals surface area contributed by atoms with Crippen LogP contribution in [-0.2, 0) is 17.6 Å². The quantitative estimate of drug-likeness (QED) is 0.642. The van der Waals surface area contributed by atoms with Gasteiger partial charge in [-0.25, -0.2) is 9.69 Å². The van der Waals surface area contributed by atoms with E-state index in [1.807, 2.05) is 48.5 Å². The highest BCUT2D eigenvalue weighted by Gasteiger charge is 2.40. The Balaban J connectivity index is 1.38. The highest BCUT2D eigenvalue weighted by molar-refractivity contribution is 7.10. The van der Waals surface area contributed by atoms with Gasteiger partial charge in [-0.05, 0) is 34.6 Å². The van der Waals surface area contributed by atoms with Crippen LogP contribution in [0.5, 0.6) is 0 Å². The number of urea groups is 1. The zero-order valence-corrected chi connectivity index (χ0v) is 17.3. The lowest BCUT2D eigenvalue weighted by Crippen LogP contribution is -2.46. The molecule has 1 fully saturated rings. The van der Waals surface area contributed by atoms with Crippen molar-refractivity contribution in [2.24, 2.45) is 0 Å². The Bertz CT molecular complexity index is 1050. The molecule has 2 unspecified atom stereocenters. The minimum Gasteiger partial charge on any atom is -0.325 e. The molecule has 2 aromatic carbocycles. The number of benzene rings is 2. The second-order valence-electron chi connectivity index (χ2n) is 7.77. The van der Waals surface area contributed by atoms with E-state index in [0.717, 1.165) is 18.5 Å². The summed E-state index contributed by atoms with van der Waals surface area (Å²) in [4.78, 5) is 30.7. The molecule has 6 heteroatoms. The summed E-state index contributed by atoms with van der Waals surface area (Å²) < 4.78 is 0. The first-order chi connectivity index (χ1) is 14.7. The number of imide groups is 1. The molecule has 30 heavy (non-hydrogen) atoms. The van der Waals surface area contributed by atoms with Gasteiger partial charge in [-0.15, -0.1) is 11.3 Å². The topological polar surface area (TPSA) is 52.7 Å². The summed E-state index contributed by atoms with van der Waals surface area (Å²) >= 11 is 1.78. The molecule has 0 radical (unpaired) electrons. The first-order valence-corrected chi connectivity index (χ1v) is 11.1. The lowest BCUT2D eigenvalue weighted by atomic mass is 9.93. The first kappa shape index (κ1) is 19.0. The normalized spacial score (nSPS) is 21.5. The number of carbonyl (C=O) groups excluding carboxylic acids is 2. The SMILES string of the molecule is O=C1NC(Cc2ccccc2)C(=O)N1CN1CCc2sccc2C1c1ccccc1. The lowest BCUT2D eigenvalue weighted by Gasteiger charge is -2.37. The number of nitrogens with one attached hydrogen (secondary N) is 1. The number of amides is 3. The van der Waals surface area contributed by atoms with E-state index in [9.17, 15) is 9.59 Å². The third kappa shape index (κ3) is 3.53. The standard InChI is InChI=1S/C24H23N3O2S/c28-23-20(15-17-7-3-1-4-8-17)25-24(29)27(23)16-26-13-11-21-19(12-14-30-21)22(26)18-9-5-2-6-10-18/h1-10,12,14,20,22H,11,13,15-16H2,(H,25,29). The van der Waals surface area contributed by atoms with Crippen LogP contribution in [0, 0.1) is 0 Å². The minimum absolute atomic E-state index is 0.0509. The van der Waals surface area contributed by atoms with Crippen molar-refractivity contribution in [1.82, 2.24) is 15.1 Å². The maximum absolute atomic E-state index is 13.1. The Morgan fingerprint density at radius 2 is 1.70 bits per heavy atom. The fraction of sp³-hybridized carbons (Fsp3) is 0.250. The van der Waals surface area contributed by atoms with Gasteiger partial charge in [-0.1, -0.05) is 60.7 Å². The van der Waals surface area contributed by atoms with Gasteiger partial charge in [0.25, 0.3) is 5.91 Å². The van der Waals surface area contributed by atoms with Crippen LogP contribution in [0.15, 0.2) is 72.1 Å². The lowest BCUT2D eigenvalue weighted by molar-refractivity contribution is -0.129. The van der Waals surface area contributed by atoms with Gasteiger partial charge in [-0.2, -0.15) is 0 Å². The van der Waals surface area contributed by atoms with Gasteiger partial charge in [0.2, 0.25) is 0 Å². The van der Waals surface area contributed by atoms with Crippen molar-refractivity contribution >= 4 is 23.3 Å². The summed E-state index contributed by atoms with van der Waals surface area (Å²) in [6.45, 7) is 1.11. The van der Waals surface area contributed by atoms with Crippen molar-refractivity contribution in [2.45, 2.75) is 24.9 Å². The first-order valence-electron chi connectivity index (χ1n) is 10.2. The number of carbonyl (C=O) groups is 2. The molecule has 2 aliphatic rings. The maximum atomic E-state index is 13.1. The average Bonchev–Trinajstić information content (AvgIpc) is 3.35. The van der Waals surface area contributed by atoms with E-state index in [4.69, 9.17) is 0 Å². The van der Waals surface area contributed by atoms with E-state index in [1.54, 1.807) is 11.3 Å². The van der Waals surface area contributed by atoms with Crippen LogP contribution in [-0.4, -0.2) is 41.0 Å². The van der Waals surface area contributed by atoms with E-state index in [-0.39, 0.29) is 18.0 Å². The van der Waals surface area contributed by atoms with Crippen LogP contribution in [0.25, 0.3) is 0 Å². The molecule has 3 heterocycles. The van der Waals surface area contributed by atoms with Crippen molar-refractivity contribution < 1.29 is 9.59 Å². The summed E-state index contributed by atoms with van der Waals surface area (Å²) in [7, 11) is 0. The zero-order chi connectivity index (χ0) is 20.5. The van der Waals surface area contributed by atoms with Crippen LogP contribution in [0.3, 0.4) is 0 Å².